The Morgan fingerprint density at radius 3 is 2.55 bits per heavy atom. The minimum absolute atomic E-state index is 0.139. The van der Waals surface area contributed by atoms with Crippen molar-refractivity contribution in [3.8, 4) is 5.75 Å². The van der Waals surface area contributed by atoms with E-state index < -0.39 is 5.60 Å². The van der Waals surface area contributed by atoms with Gasteiger partial charge >= 0.3 is 0 Å². The molecule has 122 valence electrons. The zero-order chi connectivity index (χ0) is 16.0. The maximum atomic E-state index is 12.0. The summed E-state index contributed by atoms with van der Waals surface area (Å²) in [6.07, 6.45) is 4.98. The maximum Gasteiger partial charge on any atom is 0.251 e. The van der Waals surface area contributed by atoms with Crippen LogP contribution in [0.3, 0.4) is 0 Å². The Balaban J connectivity index is 1.85. The second-order valence-electron chi connectivity index (χ2n) is 6.16. The third-order valence-corrected chi connectivity index (χ3v) is 3.81. The van der Waals surface area contributed by atoms with Crippen LogP contribution in [0.25, 0.3) is 0 Å². The van der Waals surface area contributed by atoms with Gasteiger partial charge in [0.05, 0.1) is 12.7 Å². The number of methoxy groups -OCH3 is 1. The van der Waals surface area contributed by atoms with Crippen molar-refractivity contribution in [2.24, 2.45) is 0 Å². The number of hydrogen-bond donors (Lipinski definition) is 2. The van der Waals surface area contributed by atoms with Crippen LogP contribution in [-0.2, 0) is 4.74 Å². The van der Waals surface area contributed by atoms with E-state index in [4.69, 9.17) is 9.47 Å². The van der Waals surface area contributed by atoms with Crippen LogP contribution < -0.4 is 10.1 Å². The number of nitrogens with one attached hydrogen (secondary N) is 1. The van der Waals surface area contributed by atoms with Gasteiger partial charge in [0.1, 0.15) is 11.4 Å². The van der Waals surface area contributed by atoms with Crippen LogP contribution in [0.15, 0.2) is 24.3 Å². The van der Waals surface area contributed by atoms with E-state index in [-0.39, 0.29) is 19.1 Å². The van der Waals surface area contributed by atoms with Crippen LogP contribution in [0.5, 0.6) is 5.75 Å². The van der Waals surface area contributed by atoms with Gasteiger partial charge in [-0.25, -0.2) is 0 Å². The van der Waals surface area contributed by atoms with Crippen molar-refractivity contribution in [2.45, 2.75) is 44.3 Å². The van der Waals surface area contributed by atoms with Gasteiger partial charge in [0.2, 0.25) is 0 Å². The van der Waals surface area contributed by atoms with Crippen LogP contribution >= 0.6 is 0 Å². The molecule has 1 aromatic rings. The fourth-order valence-electron chi connectivity index (χ4n) is 2.62. The van der Waals surface area contributed by atoms with Gasteiger partial charge in [0.15, 0.2) is 0 Å². The predicted octanol–water partition coefficient (Wildman–Crippen LogP) is 2.14. The molecule has 22 heavy (non-hydrogen) atoms. The van der Waals surface area contributed by atoms with E-state index >= 15 is 0 Å². The fourth-order valence-corrected chi connectivity index (χ4v) is 2.62. The molecule has 1 aromatic carbocycles. The summed E-state index contributed by atoms with van der Waals surface area (Å²) in [4.78, 5) is 12.0. The number of carbonyl (C=O) groups is 1. The molecule has 0 spiro atoms. The highest BCUT2D eigenvalue weighted by atomic mass is 16.5. The van der Waals surface area contributed by atoms with Gasteiger partial charge in [-0.05, 0) is 56.9 Å². The summed E-state index contributed by atoms with van der Waals surface area (Å²) in [6.45, 7) is 1.93. The molecule has 1 unspecified atom stereocenters. The van der Waals surface area contributed by atoms with Crippen molar-refractivity contribution in [1.29, 1.82) is 0 Å². The van der Waals surface area contributed by atoms with Gasteiger partial charge in [-0.3, -0.25) is 4.79 Å². The Morgan fingerprint density at radius 2 is 1.95 bits per heavy atom. The number of amides is 1. The monoisotopic (exact) mass is 307 g/mol. The molecule has 1 aliphatic rings. The maximum absolute atomic E-state index is 12.0. The number of benzene rings is 1. The first-order chi connectivity index (χ1) is 10.5. The lowest BCUT2D eigenvalue weighted by Crippen LogP contribution is -2.43. The second kappa shape index (κ2) is 7.61. The van der Waals surface area contributed by atoms with Gasteiger partial charge in [-0.2, -0.15) is 0 Å². The minimum Gasteiger partial charge on any atom is -0.490 e. The average Bonchev–Trinajstić information content (AvgIpc) is 2.98. The third kappa shape index (κ3) is 5.00. The van der Waals surface area contributed by atoms with Crippen LogP contribution in [-0.4, -0.2) is 43.0 Å². The van der Waals surface area contributed by atoms with E-state index in [2.05, 4.69) is 5.32 Å². The molecule has 1 saturated carbocycles. The molecule has 5 nitrogen and oxygen atoms in total. The molecule has 0 bridgehead atoms. The van der Waals surface area contributed by atoms with E-state index in [0.29, 0.717) is 11.7 Å². The summed E-state index contributed by atoms with van der Waals surface area (Å²) >= 11 is 0. The number of hydrogen-bond acceptors (Lipinski definition) is 4. The largest absolute Gasteiger partial charge is 0.490 e. The van der Waals surface area contributed by atoms with Gasteiger partial charge in [-0.15, -0.1) is 0 Å². The first kappa shape index (κ1) is 16.8. The molecule has 0 aliphatic heterocycles. The van der Waals surface area contributed by atoms with Crippen molar-refractivity contribution < 1.29 is 19.4 Å². The SMILES string of the molecule is COCC(C)(O)CNC(=O)c1ccc(OC2CCCC2)cc1. The number of aliphatic hydroxyl groups is 1. The molecule has 0 saturated heterocycles. The van der Waals surface area contributed by atoms with Crippen LogP contribution in [0.2, 0.25) is 0 Å². The van der Waals surface area contributed by atoms with Gasteiger partial charge in [-0.1, -0.05) is 0 Å². The van der Waals surface area contributed by atoms with Crippen LogP contribution in [0.4, 0.5) is 0 Å². The lowest BCUT2D eigenvalue weighted by molar-refractivity contribution is -0.0147. The Morgan fingerprint density at radius 1 is 1.32 bits per heavy atom. The summed E-state index contributed by atoms with van der Waals surface area (Å²) < 4.78 is 10.8. The van der Waals surface area contributed by atoms with Crippen LogP contribution in [0.1, 0.15) is 43.0 Å². The van der Waals surface area contributed by atoms with Gasteiger partial charge in [0, 0.05) is 19.2 Å². The molecule has 2 rings (SSSR count). The summed E-state index contributed by atoms with van der Waals surface area (Å²) in [5.41, 5.74) is -0.525. The highest BCUT2D eigenvalue weighted by molar-refractivity contribution is 5.94. The first-order valence-electron chi connectivity index (χ1n) is 7.76. The van der Waals surface area contributed by atoms with Crippen molar-refractivity contribution in [2.75, 3.05) is 20.3 Å². The van der Waals surface area contributed by atoms with Crippen LogP contribution in [0, 0.1) is 0 Å². The number of ether oxygens (including phenoxy) is 2. The van der Waals surface area contributed by atoms with E-state index in [1.807, 2.05) is 12.1 Å². The molecule has 1 atom stereocenters. The third-order valence-electron chi connectivity index (χ3n) is 3.81. The molecule has 1 aliphatic carbocycles. The van der Waals surface area contributed by atoms with E-state index in [9.17, 15) is 9.90 Å². The molecule has 2 N–H and O–H groups in total. The second-order valence-corrected chi connectivity index (χ2v) is 6.16. The first-order valence-corrected chi connectivity index (χ1v) is 7.76. The molecule has 1 amide bonds. The quantitative estimate of drug-likeness (QED) is 0.810. The summed E-state index contributed by atoms with van der Waals surface area (Å²) in [5.74, 6) is 0.582. The lowest BCUT2D eigenvalue weighted by Gasteiger charge is -2.22. The Bertz CT molecular complexity index is 478. The van der Waals surface area contributed by atoms with Crippen molar-refractivity contribution in [3.05, 3.63) is 29.8 Å². The molecule has 1 fully saturated rings. The zero-order valence-electron chi connectivity index (χ0n) is 13.3. The highest BCUT2D eigenvalue weighted by Gasteiger charge is 2.21. The van der Waals surface area contributed by atoms with E-state index in [1.54, 1.807) is 19.1 Å². The van der Waals surface area contributed by atoms with Crippen molar-refractivity contribution in [1.82, 2.24) is 5.32 Å². The Labute approximate surface area is 131 Å². The van der Waals surface area contributed by atoms with E-state index in [0.717, 1.165) is 18.6 Å². The Hall–Kier alpha value is -1.59. The molecular formula is C17H25NO4. The minimum atomic E-state index is -1.07. The smallest absolute Gasteiger partial charge is 0.251 e. The number of carbonyl (C=O) groups excluding carboxylic acids is 1. The molecule has 0 heterocycles. The van der Waals surface area contributed by atoms with Gasteiger partial charge in [0.25, 0.3) is 5.91 Å². The standard InChI is InChI=1S/C17H25NO4/c1-17(20,12-21-2)11-18-16(19)13-7-9-15(10-8-13)22-14-5-3-4-6-14/h7-10,14,20H,3-6,11-12H2,1-2H3,(H,18,19). The summed E-state index contributed by atoms with van der Waals surface area (Å²) in [7, 11) is 1.51. The Kier molecular flexibility index (Phi) is 5.80. The zero-order valence-corrected chi connectivity index (χ0v) is 13.3. The summed E-state index contributed by atoms with van der Waals surface area (Å²) in [6, 6.07) is 7.12. The van der Waals surface area contributed by atoms with Crippen molar-refractivity contribution >= 4 is 5.91 Å². The molecular weight excluding hydrogens is 282 g/mol. The van der Waals surface area contributed by atoms with E-state index in [1.165, 1.54) is 20.0 Å². The fraction of sp³-hybridized carbons (Fsp3) is 0.588. The normalized spacial score (nSPS) is 18.0. The van der Waals surface area contributed by atoms with Gasteiger partial charge < -0.3 is 19.9 Å². The number of rotatable bonds is 7. The molecule has 5 heteroatoms. The molecule has 0 radical (unpaired) electrons. The average molecular weight is 307 g/mol. The topological polar surface area (TPSA) is 67.8 Å². The highest BCUT2D eigenvalue weighted by Crippen LogP contribution is 2.24. The predicted molar refractivity (Wildman–Crippen MR) is 84.2 cm³/mol. The lowest BCUT2D eigenvalue weighted by atomic mass is 10.1. The van der Waals surface area contributed by atoms with Crippen molar-refractivity contribution in [3.63, 3.8) is 0 Å². The molecule has 0 aromatic heterocycles. The summed E-state index contributed by atoms with van der Waals surface area (Å²) in [5, 5.41) is 12.7.